The number of hydrogen-bond donors (Lipinski definition) is 3. The van der Waals surface area contributed by atoms with E-state index in [0.29, 0.717) is 22.6 Å². The Hall–Kier alpha value is -2.44. The van der Waals surface area contributed by atoms with Gasteiger partial charge in [0.25, 0.3) is 0 Å². The number of fused-ring (bicyclic) bond motifs is 1. The van der Waals surface area contributed by atoms with Gasteiger partial charge in [-0.25, -0.2) is 22.7 Å². The molecule has 0 fully saturated rings. The lowest BCUT2D eigenvalue weighted by molar-refractivity contribution is 0.221. The van der Waals surface area contributed by atoms with Crippen LogP contribution < -0.4 is 20.9 Å². The Kier molecular flexibility index (Phi) is 6.75. The van der Waals surface area contributed by atoms with Crippen LogP contribution in [-0.2, 0) is 15.6 Å². The number of aromatic nitrogens is 2. The van der Waals surface area contributed by atoms with Crippen LogP contribution in [0.15, 0.2) is 38.4 Å². The number of benzene rings is 2. The molecule has 3 aromatic rings. The maximum atomic E-state index is 14.9. The molecule has 4 rings (SSSR count). The van der Waals surface area contributed by atoms with Crippen molar-refractivity contribution in [2.75, 3.05) is 6.61 Å². The van der Waals surface area contributed by atoms with Gasteiger partial charge in [0.1, 0.15) is 22.5 Å². The Bertz CT molecular complexity index is 1450. The second-order valence-corrected chi connectivity index (χ2v) is 11.2. The molecule has 3 atom stereocenters. The number of halogens is 3. The molecular weight excluding hydrogens is 522 g/mol. The summed E-state index contributed by atoms with van der Waals surface area (Å²) < 4.78 is 55.4. The molecular formula is C22H23Cl2FN4O5S. The molecule has 2 heterocycles. The van der Waals surface area contributed by atoms with Crippen LogP contribution in [-0.4, -0.2) is 25.2 Å². The third-order valence-corrected chi connectivity index (χ3v) is 8.34. The van der Waals surface area contributed by atoms with Gasteiger partial charge in [0.15, 0.2) is 0 Å². The summed E-state index contributed by atoms with van der Waals surface area (Å²) in [5.41, 5.74) is 6.36. The van der Waals surface area contributed by atoms with Gasteiger partial charge in [0.05, 0.1) is 6.61 Å². The quantitative estimate of drug-likeness (QED) is 0.427. The van der Waals surface area contributed by atoms with Crippen molar-refractivity contribution >= 4 is 33.2 Å². The van der Waals surface area contributed by atoms with E-state index in [1.807, 2.05) is 0 Å². The first-order chi connectivity index (χ1) is 16.3. The van der Waals surface area contributed by atoms with Crippen LogP contribution >= 0.6 is 23.2 Å². The highest BCUT2D eigenvalue weighted by Crippen LogP contribution is 2.44. The number of nitrogens with two attached hydrogens (primary N) is 1. The molecule has 0 spiro atoms. The lowest BCUT2D eigenvalue weighted by Gasteiger charge is -2.34. The molecule has 0 saturated heterocycles. The van der Waals surface area contributed by atoms with Crippen LogP contribution in [0, 0.1) is 12.7 Å². The van der Waals surface area contributed by atoms with E-state index in [1.165, 1.54) is 24.3 Å². The number of rotatable bonds is 6. The van der Waals surface area contributed by atoms with Gasteiger partial charge in [-0.15, -0.1) is 5.10 Å². The van der Waals surface area contributed by atoms with E-state index in [1.54, 1.807) is 20.8 Å². The molecule has 0 amide bonds. The summed E-state index contributed by atoms with van der Waals surface area (Å²) in [5.74, 6) is -2.64. The number of aromatic amines is 1. The number of nitrogens with one attached hydrogen (secondary N) is 2. The minimum atomic E-state index is -4.36. The summed E-state index contributed by atoms with van der Waals surface area (Å²) in [4.78, 5) is 11.5. The van der Waals surface area contributed by atoms with Gasteiger partial charge in [-0.3, -0.25) is 0 Å². The highest BCUT2D eigenvalue weighted by Gasteiger charge is 2.39. The third-order valence-electron chi connectivity index (χ3n) is 6.15. The van der Waals surface area contributed by atoms with Crippen LogP contribution in [0.1, 0.15) is 54.8 Å². The van der Waals surface area contributed by atoms with E-state index < -0.39 is 39.1 Å². The SMILES string of the molecule is Cc1c(Cl)ccc(F)c1C(C)C(NS(=O)(=O)c1ccc(Cl)c2c1OCCC2(C)N)c1n[nH]c(=O)o1. The highest BCUT2D eigenvalue weighted by molar-refractivity contribution is 7.89. The van der Waals surface area contributed by atoms with Crippen molar-refractivity contribution in [3.63, 3.8) is 0 Å². The Morgan fingerprint density at radius 1 is 1.26 bits per heavy atom. The summed E-state index contributed by atoms with van der Waals surface area (Å²) in [5, 5.41) is 6.45. The van der Waals surface area contributed by atoms with E-state index >= 15 is 0 Å². The fourth-order valence-electron chi connectivity index (χ4n) is 4.28. The molecule has 13 heteroatoms. The number of H-pyrrole nitrogens is 1. The van der Waals surface area contributed by atoms with Crippen molar-refractivity contribution in [1.29, 1.82) is 0 Å². The number of hydrogen-bond acceptors (Lipinski definition) is 7. The summed E-state index contributed by atoms with van der Waals surface area (Å²) in [6, 6.07) is 4.00. The zero-order valence-corrected chi connectivity index (χ0v) is 21.3. The van der Waals surface area contributed by atoms with E-state index in [2.05, 4.69) is 14.9 Å². The van der Waals surface area contributed by atoms with E-state index in [4.69, 9.17) is 38.1 Å². The molecule has 3 unspecified atom stereocenters. The minimum Gasteiger partial charge on any atom is -0.492 e. The average molecular weight is 545 g/mol. The second-order valence-electron chi connectivity index (χ2n) is 8.67. The number of nitrogens with zero attached hydrogens (tertiary/aromatic N) is 1. The summed E-state index contributed by atoms with van der Waals surface area (Å²) in [7, 11) is -4.36. The maximum absolute atomic E-state index is 14.9. The molecule has 1 aliphatic rings. The van der Waals surface area contributed by atoms with Gasteiger partial charge in [0.2, 0.25) is 15.9 Å². The Labute approximate surface area is 210 Å². The van der Waals surface area contributed by atoms with Crippen LogP contribution in [0.25, 0.3) is 0 Å². The van der Waals surface area contributed by atoms with Gasteiger partial charge in [-0.05, 0) is 49.2 Å². The van der Waals surface area contributed by atoms with Crippen LogP contribution in [0.3, 0.4) is 0 Å². The second kappa shape index (κ2) is 9.21. The van der Waals surface area contributed by atoms with Gasteiger partial charge >= 0.3 is 5.76 Å². The third kappa shape index (κ3) is 4.70. The average Bonchev–Trinajstić information content (AvgIpc) is 3.20. The molecule has 9 nitrogen and oxygen atoms in total. The van der Waals surface area contributed by atoms with E-state index in [9.17, 15) is 17.6 Å². The predicted molar refractivity (Wildman–Crippen MR) is 128 cm³/mol. The Morgan fingerprint density at radius 2 is 1.94 bits per heavy atom. The zero-order chi connectivity index (χ0) is 25.7. The first-order valence-corrected chi connectivity index (χ1v) is 12.8. The molecule has 4 N–H and O–H groups in total. The summed E-state index contributed by atoms with van der Waals surface area (Å²) in [6.45, 7) is 5.09. The molecule has 0 radical (unpaired) electrons. The molecule has 188 valence electrons. The molecule has 0 saturated carbocycles. The first-order valence-electron chi connectivity index (χ1n) is 10.6. The fourth-order valence-corrected chi connectivity index (χ4v) is 6.23. The molecule has 35 heavy (non-hydrogen) atoms. The van der Waals surface area contributed by atoms with E-state index in [0.717, 1.165) is 0 Å². The minimum absolute atomic E-state index is 0.0289. The monoisotopic (exact) mass is 544 g/mol. The number of sulfonamides is 1. The fraction of sp³-hybridized carbons (Fsp3) is 0.364. The zero-order valence-electron chi connectivity index (χ0n) is 19.0. The van der Waals surface area contributed by atoms with Crippen molar-refractivity contribution in [2.24, 2.45) is 5.73 Å². The maximum Gasteiger partial charge on any atom is 0.434 e. The molecule has 2 aromatic carbocycles. The lowest BCUT2D eigenvalue weighted by atomic mass is 9.87. The molecule has 0 aliphatic carbocycles. The van der Waals surface area contributed by atoms with Gasteiger partial charge < -0.3 is 14.9 Å². The molecule has 1 aromatic heterocycles. The van der Waals surface area contributed by atoms with Crippen molar-refractivity contribution in [3.05, 3.63) is 73.3 Å². The van der Waals surface area contributed by atoms with Crippen molar-refractivity contribution < 1.29 is 22.0 Å². The lowest BCUT2D eigenvalue weighted by Crippen LogP contribution is -2.40. The van der Waals surface area contributed by atoms with Crippen molar-refractivity contribution in [2.45, 2.75) is 49.6 Å². The van der Waals surface area contributed by atoms with Gasteiger partial charge in [-0.1, -0.05) is 30.1 Å². The smallest absolute Gasteiger partial charge is 0.434 e. The summed E-state index contributed by atoms with van der Waals surface area (Å²) >= 11 is 12.5. The van der Waals surface area contributed by atoms with Gasteiger partial charge in [0, 0.05) is 33.5 Å². The van der Waals surface area contributed by atoms with Gasteiger partial charge in [-0.2, -0.15) is 4.72 Å². The largest absolute Gasteiger partial charge is 0.492 e. The molecule has 0 bridgehead atoms. The predicted octanol–water partition coefficient (Wildman–Crippen LogP) is 3.90. The number of ether oxygens (including phenoxy) is 1. The van der Waals surface area contributed by atoms with E-state index in [-0.39, 0.29) is 33.7 Å². The van der Waals surface area contributed by atoms with Crippen molar-refractivity contribution in [3.8, 4) is 5.75 Å². The Morgan fingerprint density at radius 3 is 2.60 bits per heavy atom. The highest BCUT2D eigenvalue weighted by atomic mass is 35.5. The molecule has 1 aliphatic heterocycles. The summed E-state index contributed by atoms with van der Waals surface area (Å²) in [6.07, 6.45) is 0.433. The standard InChI is InChI=1S/C22H23Cl2FN4O5S/c1-10-12(23)4-6-14(25)16(10)11(2)18(20-27-28-21(30)34-20)29-35(31,32)15-7-5-13(24)17-19(15)33-9-8-22(17,3)26/h4-7,11,18,29H,8-9,26H2,1-3H3,(H,28,30). The van der Waals surface area contributed by atoms with Crippen LogP contribution in [0.2, 0.25) is 10.0 Å². The normalized spacial score (nSPS) is 19.6. The first kappa shape index (κ1) is 25.6. The topological polar surface area (TPSA) is 140 Å². The van der Waals surface area contributed by atoms with Crippen LogP contribution in [0.4, 0.5) is 4.39 Å². The van der Waals surface area contributed by atoms with Crippen LogP contribution in [0.5, 0.6) is 5.75 Å². The Balaban J connectivity index is 1.84. The van der Waals surface area contributed by atoms with Crippen molar-refractivity contribution in [1.82, 2.24) is 14.9 Å².